The van der Waals surface area contributed by atoms with Crippen LogP contribution in [0.4, 0.5) is 5.95 Å². The quantitative estimate of drug-likeness (QED) is 0.808. The lowest BCUT2D eigenvalue weighted by Crippen LogP contribution is -2.64. The third-order valence-corrected chi connectivity index (χ3v) is 3.25. The molecular weight excluding hydrogens is 232 g/mol. The van der Waals surface area contributed by atoms with Crippen LogP contribution in [-0.4, -0.2) is 58.2 Å². The monoisotopic (exact) mass is 250 g/mol. The highest BCUT2D eigenvalue weighted by atomic mass is 16.3. The average Bonchev–Trinajstić information content (AvgIpc) is 2.35. The Labute approximate surface area is 106 Å². The first-order valence-corrected chi connectivity index (χ1v) is 6.02. The molecule has 98 valence electrons. The molecule has 1 aromatic heterocycles. The lowest BCUT2D eigenvalue weighted by molar-refractivity contribution is -0.154. The van der Waals surface area contributed by atoms with Crippen molar-refractivity contribution in [3.63, 3.8) is 0 Å². The van der Waals surface area contributed by atoms with Gasteiger partial charge in [0.25, 0.3) is 0 Å². The van der Waals surface area contributed by atoms with Crippen LogP contribution < -0.4 is 4.90 Å². The van der Waals surface area contributed by atoms with Crippen molar-refractivity contribution in [3.05, 3.63) is 18.5 Å². The Morgan fingerprint density at radius 1 is 1.50 bits per heavy atom. The van der Waals surface area contributed by atoms with E-state index in [4.69, 9.17) is 0 Å². The minimum atomic E-state index is -0.683. The number of aromatic nitrogens is 2. The Hall–Kier alpha value is -1.69. The van der Waals surface area contributed by atoms with Crippen molar-refractivity contribution in [2.45, 2.75) is 18.9 Å². The summed E-state index contributed by atoms with van der Waals surface area (Å²) in [6.45, 7) is 2.99. The summed E-state index contributed by atoms with van der Waals surface area (Å²) < 4.78 is 0. The van der Waals surface area contributed by atoms with Gasteiger partial charge in [-0.25, -0.2) is 9.97 Å². The van der Waals surface area contributed by atoms with Crippen molar-refractivity contribution >= 4 is 11.9 Å². The summed E-state index contributed by atoms with van der Waals surface area (Å²) in [5, 5.41) is 9.86. The SMILES string of the molecule is CCC1(O)CN(C(=O)CN(C)c2ncccn2)C1. The molecule has 0 spiro atoms. The van der Waals surface area contributed by atoms with Crippen LogP contribution in [0.15, 0.2) is 18.5 Å². The number of aliphatic hydroxyl groups is 1. The fraction of sp³-hybridized carbons (Fsp3) is 0.583. The number of likely N-dealkylation sites (tertiary alicyclic amines) is 1. The Balaban J connectivity index is 1.86. The summed E-state index contributed by atoms with van der Waals surface area (Å²) in [6.07, 6.45) is 3.96. The Kier molecular flexibility index (Phi) is 3.47. The maximum atomic E-state index is 11.9. The maximum absolute atomic E-state index is 11.9. The van der Waals surface area contributed by atoms with Gasteiger partial charge in [0.05, 0.1) is 25.2 Å². The number of hydrogen-bond acceptors (Lipinski definition) is 5. The topological polar surface area (TPSA) is 69.6 Å². The van der Waals surface area contributed by atoms with Crippen LogP contribution in [-0.2, 0) is 4.79 Å². The fourth-order valence-corrected chi connectivity index (χ4v) is 1.93. The standard InChI is InChI=1S/C12H18N4O2/c1-3-12(18)8-16(9-12)10(17)7-15(2)11-13-5-4-6-14-11/h4-6,18H,3,7-9H2,1-2H3. The molecule has 6 heteroatoms. The molecule has 2 rings (SSSR count). The van der Waals surface area contributed by atoms with Gasteiger partial charge < -0.3 is 14.9 Å². The molecule has 1 amide bonds. The van der Waals surface area contributed by atoms with E-state index in [2.05, 4.69) is 9.97 Å². The van der Waals surface area contributed by atoms with E-state index in [1.54, 1.807) is 35.3 Å². The van der Waals surface area contributed by atoms with Crippen molar-refractivity contribution in [2.24, 2.45) is 0 Å². The van der Waals surface area contributed by atoms with Crippen molar-refractivity contribution in [1.29, 1.82) is 0 Å². The lowest BCUT2D eigenvalue weighted by atomic mass is 9.91. The first-order chi connectivity index (χ1) is 8.54. The molecule has 0 unspecified atom stereocenters. The van der Waals surface area contributed by atoms with E-state index in [0.717, 1.165) is 0 Å². The highest BCUT2D eigenvalue weighted by Gasteiger charge is 2.41. The summed E-state index contributed by atoms with van der Waals surface area (Å²) in [7, 11) is 1.78. The van der Waals surface area contributed by atoms with Crippen molar-refractivity contribution in [2.75, 3.05) is 31.6 Å². The van der Waals surface area contributed by atoms with E-state index >= 15 is 0 Å². The van der Waals surface area contributed by atoms with E-state index < -0.39 is 5.60 Å². The number of rotatable bonds is 4. The van der Waals surface area contributed by atoms with Crippen LogP contribution in [0.5, 0.6) is 0 Å². The van der Waals surface area contributed by atoms with Gasteiger partial charge in [-0.1, -0.05) is 6.92 Å². The molecule has 0 aromatic carbocycles. The zero-order valence-electron chi connectivity index (χ0n) is 10.7. The van der Waals surface area contributed by atoms with Gasteiger partial charge in [0.1, 0.15) is 0 Å². The molecule has 1 saturated heterocycles. The zero-order chi connectivity index (χ0) is 13.2. The number of β-amino-alcohol motifs (C(OH)–C–C–N with tert-alkyl or cyclic N) is 1. The third kappa shape index (κ3) is 2.59. The van der Waals surface area contributed by atoms with Crippen LogP contribution >= 0.6 is 0 Å². The number of amides is 1. The first kappa shape index (κ1) is 12.8. The summed E-state index contributed by atoms with van der Waals surface area (Å²) in [4.78, 5) is 23.4. The molecule has 1 aromatic rings. The molecule has 0 aliphatic carbocycles. The number of carbonyl (C=O) groups is 1. The molecular formula is C12H18N4O2. The number of anilines is 1. The largest absolute Gasteiger partial charge is 0.386 e. The average molecular weight is 250 g/mol. The molecule has 0 saturated carbocycles. The van der Waals surface area contributed by atoms with E-state index in [-0.39, 0.29) is 12.5 Å². The Bertz CT molecular complexity index is 417. The molecule has 0 radical (unpaired) electrons. The fourth-order valence-electron chi connectivity index (χ4n) is 1.93. The van der Waals surface area contributed by atoms with Gasteiger partial charge in [-0.15, -0.1) is 0 Å². The van der Waals surface area contributed by atoms with Gasteiger partial charge in [-0.3, -0.25) is 4.79 Å². The van der Waals surface area contributed by atoms with Crippen LogP contribution in [0.3, 0.4) is 0 Å². The van der Waals surface area contributed by atoms with E-state index in [9.17, 15) is 9.90 Å². The molecule has 6 nitrogen and oxygen atoms in total. The maximum Gasteiger partial charge on any atom is 0.242 e. The number of likely N-dealkylation sites (N-methyl/N-ethyl adjacent to an activating group) is 1. The second-order valence-electron chi connectivity index (χ2n) is 4.73. The summed E-state index contributed by atoms with van der Waals surface area (Å²) in [5.74, 6) is 0.514. The highest BCUT2D eigenvalue weighted by Crippen LogP contribution is 2.24. The van der Waals surface area contributed by atoms with Gasteiger partial charge in [-0.05, 0) is 12.5 Å². The van der Waals surface area contributed by atoms with Gasteiger partial charge in [0, 0.05) is 19.4 Å². The van der Waals surface area contributed by atoms with E-state index in [1.165, 1.54) is 0 Å². The Morgan fingerprint density at radius 2 is 2.11 bits per heavy atom. The lowest BCUT2D eigenvalue weighted by Gasteiger charge is -2.46. The van der Waals surface area contributed by atoms with Crippen molar-refractivity contribution in [3.8, 4) is 0 Å². The Morgan fingerprint density at radius 3 is 2.67 bits per heavy atom. The van der Waals surface area contributed by atoms with Crippen molar-refractivity contribution < 1.29 is 9.90 Å². The minimum Gasteiger partial charge on any atom is -0.386 e. The molecule has 1 aliphatic heterocycles. The second kappa shape index (κ2) is 4.89. The van der Waals surface area contributed by atoms with E-state index in [0.29, 0.717) is 25.5 Å². The van der Waals surface area contributed by atoms with Gasteiger partial charge in [0.2, 0.25) is 11.9 Å². The van der Waals surface area contributed by atoms with Gasteiger partial charge in [0.15, 0.2) is 0 Å². The highest BCUT2D eigenvalue weighted by molar-refractivity contribution is 5.81. The molecule has 0 atom stereocenters. The second-order valence-corrected chi connectivity index (χ2v) is 4.73. The first-order valence-electron chi connectivity index (χ1n) is 6.02. The van der Waals surface area contributed by atoms with E-state index in [1.807, 2.05) is 6.92 Å². The minimum absolute atomic E-state index is 0.0110. The van der Waals surface area contributed by atoms with Crippen LogP contribution in [0.2, 0.25) is 0 Å². The van der Waals surface area contributed by atoms with Crippen LogP contribution in [0.1, 0.15) is 13.3 Å². The van der Waals surface area contributed by atoms with Gasteiger partial charge >= 0.3 is 0 Å². The van der Waals surface area contributed by atoms with Gasteiger partial charge in [-0.2, -0.15) is 0 Å². The smallest absolute Gasteiger partial charge is 0.242 e. The molecule has 1 aliphatic rings. The zero-order valence-corrected chi connectivity index (χ0v) is 10.7. The molecule has 1 fully saturated rings. The van der Waals surface area contributed by atoms with Crippen LogP contribution in [0, 0.1) is 0 Å². The normalized spacial score (nSPS) is 17.2. The third-order valence-electron chi connectivity index (χ3n) is 3.25. The van der Waals surface area contributed by atoms with Crippen molar-refractivity contribution in [1.82, 2.24) is 14.9 Å². The van der Waals surface area contributed by atoms with Crippen LogP contribution in [0.25, 0.3) is 0 Å². The summed E-state index contributed by atoms with van der Waals surface area (Å²) in [6, 6.07) is 1.73. The summed E-state index contributed by atoms with van der Waals surface area (Å²) >= 11 is 0. The predicted molar refractivity (Wildman–Crippen MR) is 67.1 cm³/mol. The number of carbonyl (C=O) groups excluding carboxylic acids is 1. The number of nitrogens with zero attached hydrogens (tertiary/aromatic N) is 4. The predicted octanol–water partition coefficient (Wildman–Crippen LogP) is -0.104. The molecule has 0 bridgehead atoms. The molecule has 1 N–H and O–H groups in total. The number of hydrogen-bond donors (Lipinski definition) is 1. The molecule has 2 heterocycles. The molecule has 18 heavy (non-hydrogen) atoms. The summed E-state index contributed by atoms with van der Waals surface area (Å²) in [5.41, 5.74) is -0.683.